The van der Waals surface area contributed by atoms with E-state index >= 15 is 0 Å². The van der Waals surface area contributed by atoms with Crippen molar-refractivity contribution in [2.45, 2.75) is 6.42 Å². The number of imide groups is 1. The summed E-state index contributed by atoms with van der Waals surface area (Å²) in [5.41, 5.74) is 0.470. The van der Waals surface area contributed by atoms with Gasteiger partial charge < -0.3 is 0 Å². The van der Waals surface area contributed by atoms with Crippen molar-refractivity contribution >= 4 is 62.6 Å². The van der Waals surface area contributed by atoms with Crippen LogP contribution < -0.4 is 0 Å². The number of rotatable bonds is 5. The number of Topliss-reactive ketones (excluding diaryl/α,β-unsaturated/α-hetero) is 1. The fourth-order valence-corrected chi connectivity index (χ4v) is 5.56. The first kappa shape index (κ1) is 22.3. The van der Waals surface area contributed by atoms with Crippen LogP contribution in [0.15, 0.2) is 59.1 Å². The maximum absolute atomic E-state index is 13.5. The summed E-state index contributed by atoms with van der Waals surface area (Å²) in [6, 6.07) is 10.9. The fourth-order valence-electron chi connectivity index (χ4n) is 5.00. The number of hydrogen-bond acceptors (Lipinski definition) is 4. The lowest BCUT2D eigenvalue weighted by Gasteiger charge is -2.31. The average Bonchev–Trinajstić information content (AvgIpc) is 3.48. The highest BCUT2D eigenvalue weighted by atomic mass is 79.9. The number of carbonyl (C=O) groups excluding carboxylic acids is 4. The first-order valence-corrected chi connectivity index (χ1v) is 11.9. The Morgan fingerprint density at radius 3 is 2.06 bits per heavy atom. The molecule has 168 valence electrons. The van der Waals surface area contributed by atoms with Gasteiger partial charge in [-0.2, -0.15) is 5.01 Å². The van der Waals surface area contributed by atoms with Crippen molar-refractivity contribution in [1.82, 2.24) is 10.0 Å². The number of halogens is 3. The lowest BCUT2D eigenvalue weighted by atomic mass is 9.85. The van der Waals surface area contributed by atoms with Crippen molar-refractivity contribution in [2.24, 2.45) is 23.7 Å². The molecule has 3 amide bonds. The molecule has 0 spiro atoms. The number of hydrogen-bond donors (Lipinski definition) is 0. The fraction of sp³-hybridized carbons (Fsp3) is 0.250. The quantitative estimate of drug-likeness (QED) is 0.306. The van der Waals surface area contributed by atoms with E-state index in [9.17, 15) is 19.2 Å². The number of benzene rings is 2. The van der Waals surface area contributed by atoms with Crippen LogP contribution in [0.4, 0.5) is 0 Å². The Hall–Kier alpha value is -2.48. The van der Waals surface area contributed by atoms with Gasteiger partial charge in [0.25, 0.3) is 17.7 Å². The molecule has 0 aromatic heterocycles. The highest BCUT2D eigenvalue weighted by molar-refractivity contribution is 9.10. The number of carbonyl (C=O) groups is 4. The van der Waals surface area contributed by atoms with Gasteiger partial charge in [-0.3, -0.25) is 19.2 Å². The van der Waals surface area contributed by atoms with Gasteiger partial charge in [-0.15, -0.1) is 0 Å². The van der Waals surface area contributed by atoms with Crippen LogP contribution in [-0.2, 0) is 9.59 Å². The molecule has 2 fully saturated rings. The zero-order valence-corrected chi connectivity index (χ0v) is 20.2. The second-order valence-electron chi connectivity index (χ2n) is 8.41. The minimum absolute atomic E-state index is 0.0226. The minimum Gasteiger partial charge on any atom is -0.292 e. The van der Waals surface area contributed by atoms with Gasteiger partial charge in [0.1, 0.15) is 6.54 Å². The number of fused-ring (bicyclic) bond motifs is 5. The van der Waals surface area contributed by atoms with Gasteiger partial charge in [-0.1, -0.05) is 63.4 Å². The van der Waals surface area contributed by atoms with E-state index in [0.717, 1.165) is 20.9 Å². The van der Waals surface area contributed by atoms with Gasteiger partial charge in [-0.05, 0) is 48.6 Å². The molecule has 0 N–H and O–H groups in total. The molecule has 3 aliphatic rings. The van der Waals surface area contributed by atoms with Crippen molar-refractivity contribution in [2.75, 3.05) is 6.54 Å². The summed E-state index contributed by atoms with van der Waals surface area (Å²) >= 11 is 15.4. The van der Waals surface area contributed by atoms with Gasteiger partial charge in [0, 0.05) is 15.6 Å². The molecule has 1 aliphatic heterocycles. The number of ketones is 1. The summed E-state index contributed by atoms with van der Waals surface area (Å²) < 4.78 is 0.795. The molecule has 2 bridgehead atoms. The third kappa shape index (κ3) is 3.72. The van der Waals surface area contributed by atoms with Crippen LogP contribution >= 0.6 is 39.1 Å². The Kier molecular flexibility index (Phi) is 5.67. The summed E-state index contributed by atoms with van der Waals surface area (Å²) in [5.74, 6) is -3.02. The SMILES string of the molecule is O=C(CN(C(=O)c1ccc(Cl)c(Cl)c1)N1C(=O)[C@@H]2[C@@H](C1=O)[C@H]1C=C[C@H]2C1)c1ccc(Br)cc1. The van der Waals surface area contributed by atoms with E-state index in [1.807, 2.05) is 12.2 Å². The summed E-state index contributed by atoms with van der Waals surface area (Å²) in [7, 11) is 0. The Labute approximate surface area is 208 Å². The predicted octanol–water partition coefficient (Wildman–Crippen LogP) is 4.80. The average molecular weight is 548 g/mol. The molecule has 0 unspecified atom stereocenters. The molecule has 1 saturated heterocycles. The molecule has 5 rings (SSSR count). The number of amides is 3. The van der Waals surface area contributed by atoms with Gasteiger partial charge in [-0.25, -0.2) is 5.01 Å². The predicted molar refractivity (Wildman–Crippen MR) is 126 cm³/mol. The molecule has 9 heteroatoms. The Balaban J connectivity index is 1.51. The largest absolute Gasteiger partial charge is 0.292 e. The molecule has 6 nitrogen and oxygen atoms in total. The second kappa shape index (κ2) is 8.38. The van der Waals surface area contributed by atoms with E-state index in [1.165, 1.54) is 18.2 Å². The molecular formula is C24H17BrCl2N2O4. The normalized spacial score (nSPS) is 25.0. The zero-order valence-electron chi connectivity index (χ0n) is 17.1. The molecule has 33 heavy (non-hydrogen) atoms. The summed E-state index contributed by atoms with van der Waals surface area (Å²) in [6.07, 6.45) is 4.70. The van der Waals surface area contributed by atoms with E-state index in [2.05, 4.69) is 15.9 Å². The van der Waals surface area contributed by atoms with E-state index in [0.29, 0.717) is 5.56 Å². The monoisotopic (exact) mass is 546 g/mol. The summed E-state index contributed by atoms with van der Waals surface area (Å²) in [5, 5.41) is 2.24. The molecular weight excluding hydrogens is 531 g/mol. The van der Waals surface area contributed by atoms with Crippen molar-refractivity contribution in [3.63, 3.8) is 0 Å². The van der Waals surface area contributed by atoms with Crippen LogP contribution in [0.25, 0.3) is 0 Å². The van der Waals surface area contributed by atoms with Gasteiger partial charge in [0.2, 0.25) is 0 Å². The van der Waals surface area contributed by atoms with E-state index in [4.69, 9.17) is 23.2 Å². The van der Waals surface area contributed by atoms with Crippen LogP contribution in [0, 0.1) is 23.7 Å². The lowest BCUT2D eigenvalue weighted by molar-refractivity contribution is -0.154. The molecule has 2 aromatic rings. The Morgan fingerprint density at radius 1 is 0.909 bits per heavy atom. The van der Waals surface area contributed by atoms with Crippen LogP contribution in [0.2, 0.25) is 10.0 Å². The zero-order chi connectivity index (χ0) is 23.4. The van der Waals surface area contributed by atoms with E-state index < -0.39 is 41.9 Å². The van der Waals surface area contributed by atoms with Crippen molar-refractivity contribution in [3.05, 3.63) is 80.3 Å². The standard InChI is InChI=1S/C24H17BrCl2N2O4/c25-16-6-3-12(4-7-16)19(30)11-28(22(31)15-5-8-17(26)18(27)10-15)29-23(32)20-13-1-2-14(9-13)21(20)24(29)33/h1-8,10,13-14,20-21H,9,11H2/t13-,14-,20-,21-/m0/s1. The van der Waals surface area contributed by atoms with Crippen molar-refractivity contribution < 1.29 is 19.2 Å². The Morgan fingerprint density at radius 2 is 1.48 bits per heavy atom. The van der Waals surface area contributed by atoms with E-state index in [-0.39, 0.29) is 27.4 Å². The maximum Gasteiger partial charge on any atom is 0.273 e. The first-order chi connectivity index (χ1) is 15.8. The van der Waals surface area contributed by atoms with Gasteiger partial charge in [0.05, 0.1) is 21.9 Å². The third-order valence-electron chi connectivity index (χ3n) is 6.55. The number of hydrazine groups is 1. The molecule has 2 aliphatic carbocycles. The van der Waals surface area contributed by atoms with Gasteiger partial charge >= 0.3 is 0 Å². The third-order valence-corrected chi connectivity index (χ3v) is 7.82. The summed E-state index contributed by atoms with van der Waals surface area (Å²) in [6.45, 7) is -0.472. The topological polar surface area (TPSA) is 74.8 Å². The number of nitrogens with zero attached hydrogens (tertiary/aromatic N) is 2. The second-order valence-corrected chi connectivity index (χ2v) is 10.1. The molecule has 2 aromatic carbocycles. The van der Waals surface area contributed by atoms with Crippen LogP contribution in [-0.4, -0.2) is 40.1 Å². The van der Waals surface area contributed by atoms with Crippen LogP contribution in [0.3, 0.4) is 0 Å². The highest BCUT2D eigenvalue weighted by Gasteiger charge is 2.61. The number of allylic oxidation sites excluding steroid dienone is 2. The molecule has 1 heterocycles. The van der Waals surface area contributed by atoms with Crippen molar-refractivity contribution in [3.8, 4) is 0 Å². The summed E-state index contributed by atoms with van der Waals surface area (Å²) in [4.78, 5) is 53.3. The Bertz CT molecular complexity index is 1200. The van der Waals surface area contributed by atoms with Gasteiger partial charge in [0.15, 0.2) is 5.78 Å². The first-order valence-electron chi connectivity index (χ1n) is 10.4. The maximum atomic E-state index is 13.5. The highest BCUT2D eigenvalue weighted by Crippen LogP contribution is 2.52. The smallest absolute Gasteiger partial charge is 0.273 e. The lowest BCUT2D eigenvalue weighted by Crippen LogP contribution is -2.52. The van der Waals surface area contributed by atoms with Crippen LogP contribution in [0.1, 0.15) is 27.1 Å². The van der Waals surface area contributed by atoms with Crippen LogP contribution in [0.5, 0.6) is 0 Å². The molecule has 4 atom stereocenters. The molecule has 1 saturated carbocycles. The minimum atomic E-state index is -0.680. The van der Waals surface area contributed by atoms with E-state index in [1.54, 1.807) is 24.3 Å². The van der Waals surface area contributed by atoms with Crippen molar-refractivity contribution in [1.29, 1.82) is 0 Å². The molecule has 0 radical (unpaired) electrons.